The molecule has 0 spiro atoms. The molecule has 0 bridgehead atoms. The number of ether oxygens (including phenoxy) is 1. The molecule has 0 atom stereocenters. The Morgan fingerprint density at radius 1 is 1.21 bits per heavy atom. The minimum absolute atomic E-state index is 0.0471. The monoisotopic (exact) mass is 264 g/mol. The Labute approximate surface area is 113 Å². The highest BCUT2D eigenvalue weighted by Gasteiger charge is 2.17. The van der Waals surface area contributed by atoms with Crippen LogP contribution in [0.4, 0.5) is 4.79 Å². The van der Waals surface area contributed by atoms with E-state index in [0.717, 1.165) is 5.56 Å². The summed E-state index contributed by atoms with van der Waals surface area (Å²) in [7, 11) is 0. The summed E-state index contributed by atoms with van der Waals surface area (Å²) < 4.78 is 4.88. The molecule has 1 aromatic carbocycles. The molecule has 2 amide bonds. The van der Waals surface area contributed by atoms with Gasteiger partial charge in [-0.2, -0.15) is 0 Å². The molecule has 0 unspecified atom stereocenters. The summed E-state index contributed by atoms with van der Waals surface area (Å²) in [5.74, 6) is -0.398. The van der Waals surface area contributed by atoms with Gasteiger partial charge in [0.05, 0.1) is 6.61 Å². The largest absolute Gasteiger partial charge is 0.465 e. The highest BCUT2D eigenvalue weighted by atomic mass is 16.5. The Morgan fingerprint density at radius 3 is 2.47 bits per heavy atom. The van der Waals surface area contributed by atoms with Crippen LogP contribution in [0.25, 0.3) is 0 Å². The van der Waals surface area contributed by atoms with Crippen molar-refractivity contribution >= 4 is 12.0 Å². The first kappa shape index (κ1) is 15.0. The maximum Gasteiger partial charge on any atom is 0.325 e. The van der Waals surface area contributed by atoms with E-state index < -0.39 is 5.97 Å². The van der Waals surface area contributed by atoms with Crippen molar-refractivity contribution in [1.82, 2.24) is 10.2 Å². The summed E-state index contributed by atoms with van der Waals surface area (Å²) in [6.45, 7) is 4.74. The lowest BCUT2D eigenvalue weighted by Gasteiger charge is -2.21. The van der Waals surface area contributed by atoms with Gasteiger partial charge in [0, 0.05) is 13.1 Å². The van der Waals surface area contributed by atoms with Crippen molar-refractivity contribution in [2.24, 2.45) is 0 Å². The van der Waals surface area contributed by atoms with Crippen LogP contribution in [-0.2, 0) is 16.1 Å². The number of hydrogen-bond acceptors (Lipinski definition) is 3. The predicted octanol–water partition coefficient (Wildman–Crippen LogP) is 1.78. The number of esters is 1. The second-order valence-electron chi connectivity index (χ2n) is 3.98. The van der Waals surface area contributed by atoms with Gasteiger partial charge in [-0.05, 0) is 19.4 Å². The molecule has 0 aliphatic heterocycles. The highest BCUT2D eigenvalue weighted by Crippen LogP contribution is 2.05. The van der Waals surface area contributed by atoms with Gasteiger partial charge in [0.25, 0.3) is 0 Å². The summed E-state index contributed by atoms with van der Waals surface area (Å²) in [5.41, 5.74) is 0.970. The third-order valence-corrected chi connectivity index (χ3v) is 2.46. The lowest BCUT2D eigenvalue weighted by Crippen LogP contribution is -2.42. The molecule has 0 aliphatic carbocycles. The van der Waals surface area contributed by atoms with Crippen molar-refractivity contribution in [3.05, 3.63) is 35.9 Å². The number of carbonyl (C=O) groups excluding carboxylic acids is 2. The van der Waals surface area contributed by atoms with E-state index in [9.17, 15) is 9.59 Å². The third-order valence-electron chi connectivity index (χ3n) is 2.46. The summed E-state index contributed by atoms with van der Waals surface area (Å²) in [5, 5.41) is 2.69. The van der Waals surface area contributed by atoms with Crippen molar-refractivity contribution in [2.45, 2.75) is 20.4 Å². The van der Waals surface area contributed by atoms with Gasteiger partial charge in [0.15, 0.2) is 0 Å². The van der Waals surface area contributed by atoms with Crippen LogP contribution in [0.15, 0.2) is 30.3 Å². The van der Waals surface area contributed by atoms with Crippen LogP contribution in [0.3, 0.4) is 0 Å². The summed E-state index contributed by atoms with van der Waals surface area (Å²) in [4.78, 5) is 24.8. The lowest BCUT2D eigenvalue weighted by molar-refractivity contribution is -0.143. The van der Waals surface area contributed by atoms with E-state index in [1.165, 1.54) is 4.90 Å². The maximum absolute atomic E-state index is 11.9. The summed E-state index contributed by atoms with van der Waals surface area (Å²) >= 11 is 0. The molecule has 1 N–H and O–H groups in total. The van der Waals surface area contributed by atoms with Gasteiger partial charge in [-0.15, -0.1) is 0 Å². The number of nitrogens with one attached hydrogen (secondary N) is 1. The first-order chi connectivity index (χ1) is 9.17. The average Bonchev–Trinajstić information content (AvgIpc) is 2.40. The van der Waals surface area contributed by atoms with Crippen LogP contribution in [0.5, 0.6) is 0 Å². The van der Waals surface area contributed by atoms with Crippen LogP contribution >= 0.6 is 0 Å². The number of rotatable bonds is 6. The molecule has 0 radical (unpaired) electrons. The van der Waals surface area contributed by atoms with Gasteiger partial charge < -0.3 is 15.0 Å². The normalized spacial score (nSPS) is 9.79. The van der Waals surface area contributed by atoms with E-state index in [1.54, 1.807) is 6.92 Å². The first-order valence-electron chi connectivity index (χ1n) is 6.39. The van der Waals surface area contributed by atoms with Crippen LogP contribution in [-0.4, -0.2) is 36.6 Å². The molecule has 0 aromatic heterocycles. The first-order valence-corrected chi connectivity index (χ1v) is 6.39. The molecule has 0 saturated heterocycles. The third kappa shape index (κ3) is 5.42. The Balaban J connectivity index is 2.69. The van der Waals surface area contributed by atoms with E-state index >= 15 is 0 Å². The molecular weight excluding hydrogens is 244 g/mol. The standard InChI is InChI=1S/C14H20N2O3/c1-3-15-14(18)16(11-13(17)19-4-2)10-12-8-6-5-7-9-12/h5-9H,3-4,10-11H2,1-2H3,(H,15,18). The van der Waals surface area contributed by atoms with Gasteiger partial charge in [0.2, 0.25) is 0 Å². The fourth-order valence-electron chi connectivity index (χ4n) is 1.63. The zero-order valence-corrected chi connectivity index (χ0v) is 11.4. The number of amides is 2. The molecule has 1 rings (SSSR count). The SMILES string of the molecule is CCNC(=O)N(CC(=O)OCC)Cc1ccccc1. The molecule has 5 nitrogen and oxygen atoms in total. The number of nitrogens with zero attached hydrogens (tertiary/aromatic N) is 1. The maximum atomic E-state index is 11.9. The smallest absolute Gasteiger partial charge is 0.325 e. The molecular formula is C14H20N2O3. The van der Waals surface area contributed by atoms with Crippen molar-refractivity contribution in [3.8, 4) is 0 Å². The Kier molecular flexibility index (Phi) is 6.43. The quantitative estimate of drug-likeness (QED) is 0.797. The second kappa shape index (κ2) is 8.13. The zero-order chi connectivity index (χ0) is 14.1. The van der Waals surface area contributed by atoms with E-state index in [1.807, 2.05) is 37.3 Å². The van der Waals surface area contributed by atoms with Crippen LogP contribution in [0.2, 0.25) is 0 Å². The van der Waals surface area contributed by atoms with Crippen LogP contribution < -0.4 is 5.32 Å². The van der Waals surface area contributed by atoms with Crippen LogP contribution in [0, 0.1) is 0 Å². The topological polar surface area (TPSA) is 58.6 Å². The number of urea groups is 1. The molecule has 0 fully saturated rings. The average molecular weight is 264 g/mol. The molecule has 5 heteroatoms. The Hall–Kier alpha value is -2.04. The van der Waals surface area contributed by atoms with Crippen molar-refractivity contribution < 1.29 is 14.3 Å². The second-order valence-corrected chi connectivity index (χ2v) is 3.98. The molecule has 104 valence electrons. The van der Waals surface area contributed by atoms with E-state index in [2.05, 4.69) is 5.32 Å². The molecule has 1 aromatic rings. The van der Waals surface area contributed by atoms with Gasteiger partial charge in [-0.25, -0.2) is 4.79 Å². The minimum Gasteiger partial charge on any atom is -0.465 e. The van der Waals surface area contributed by atoms with Gasteiger partial charge >= 0.3 is 12.0 Å². The zero-order valence-electron chi connectivity index (χ0n) is 11.4. The number of benzene rings is 1. The summed E-state index contributed by atoms with van der Waals surface area (Å²) in [6, 6.07) is 9.27. The van der Waals surface area contributed by atoms with Gasteiger partial charge in [-0.3, -0.25) is 4.79 Å². The van der Waals surface area contributed by atoms with Gasteiger partial charge in [-0.1, -0.05) is 30.3 Å². The van der Waals surface area contributed by atoms with Crippen molar-refractivity contribution in [3.63, 3.8) is 0 Å². The molecule has 0 aliphatic rings. The van der Waals surface area contributed by atoms with Gasteiger partial charge in [0.1, 0.15) is 6.54 Å². The molecule has 0 heterocycles. The number of carbonyl (C=O) groups is 2. The lowest BCUT2D eigenvalue weighted by atomic mass is 10.2. The predicted molar refractivity (Wildman–Crippen MR) is 72.6 cm³/mol. The molecule has 19 heavy (non-hydrogen) atoms. The minimum atomic E-state index is -0.398. The van der Waals surface area contributed by atoms with Crippen LogP contribution in [0.1, 0.15) is 19.4 Å². The molecule has 0 saturated carbocycles. The fraction of sp³-hybridized carbons (Fsp3) is 0.429. The summed E-state index contributed by atoms with van der Waals surface area (Å²) in [6.07, 6.45) is 0. The van der Waals surface area contributed by atoms with E-state index in [-0.39, 0.29) is 12.6 Å². The number of hydrogen-bond donors (Lipinski definition) is 1. The Bertz CT molecular complexity index is 406. The Morgan fingerprint density at radius 2 is 1.89 bits per heavy atom. The highest BCUT2D eigenvalue weighted by molar-refractivity contribution is 5.80. The fourth-order valence-corrected chi connectivity index (χ4v) is 1.63. The van der Waals surface area contributed by atoms with Crippen molar-refractivity contribution in [1.29, 1.82) is 0 Å². The van der Waals surface area contributed by atoms with Crippen molar-refractivity contribution in [2.75, 3.05) is 19.7 Å². The van der Waals surface area contributed by atoms with E-state index in [4.69, 9.17) is 4.74 Å². The van der Waals surface area contributed by atoms with E-state index in [0.29, 0.717) is 19.7 Å².